The number of H-pyrrole nitrogens is 1. The summed E-state index contributed by atoms with van der Waals surface area (Å²) in [6, 6.07) is 5.52. The van der Waals surface area contributed by atoms with Gasteiger partial charge in [-0.1, -0.05) is 13.0 Å². The van der Waals surface area contributed by atoms with Crippen LogP contribution in [0.1, 0.15) is 41.4 Å². The fourth-order valence-electron chi connectivity index (χ4n) is 2.25. The number of aromatic nitrogens is 4. The molecule has 6 nitrogen and oxygen atoms in total. The van der Waals surface area contributed by atoms with Crippen LogP contribution in [0.3, 0.4) is 0 Å². The quantitative estimate of drug-likeness (QED) is 0.771. The Kier molecular flexibility index (Phi) is 3.43. The Hall–Kier alpha value is -2.63. The SMILES string of the molecule is CC[C@H](NC(=O)c1cn2ccccc2n1)c1ncc(C)[nH]1. The molecule has 0 spiro atoms. The molecule has 1 amide bonds. The first-order valence-electron chi connectivity index (χ1n) is 6.93. The number of aryl methyl sites for hydroxylation is 1. The van der Waals surface area contributed by atoms with E-state index in [0.717, 1.165) is 23.6 Å². The van der Waals surface area contributed by atoms with Crippen LogP contribution in [0.25, 0.3) is 5.65 Å². The summed E-state index contributed by atoms with van der Waals surface area (Å²) in [4.78, 5) is 24.1. The van der Waals surface area contributed by atoms with E-state index in [2.05, 4.69) is 20.3 Å². The summed E-state index contributed by atoms with van der Waals surface area (Å²) in [5.41, 5.74) is 2.14. The average molecular weight is 283 g/mol. The Bertz CT molecular complexity index is 740. The average Bonchev–Trinajstić information content (AvgIpc) is 3.10. The minimum absolute atomic E-state index is 0.143. The maximum atomic E-state index is 12.3. The van der Waals surface area contributed by atoms with E-state index in [0.29, 0.717) is 5.69 Å². The van der Waals surface area contributed by atoms with Crippen molar-refractivity contribution in [2.75, 3.05) is 0 Å². The summed E-state index contributed by atoms with van der Waals surface area (Å²) < 4.78 is 1.83. The van der Waals surface area contributed by atoms with Gasteiger partial charge in [-0.2, -0.15) is 0 Å². The highest BCUT2D eigenvalue weighted by Crippen LogP contribution is 2.14. The normalized spacial score (nSPS) is 12.5. The Morgan fingerprint density at radius 2 is 2.33 bits per heavy atom. The lowest BCUT2D eigenvalue weighted by atomic mass is 10.2. The predicted octanol–water partition coefficient (Wildman–Crippen LogP) is 2.25. The van der Waals surface area contributed by atoms with Crippen molar-refractivity contribution >= 4 is 11.6 Å². The third-order valence-corrected chi connectivity index (χ3v) is 3.36. The molecule has 1 atom stereocenters. The van der Waals surface area contributed by atoms with Gasteiger partial charge in [-0.05, 0) is 25.5 Å². The summed E-state index contributed by atoms with van der Waals surface area (Å²) >= 11 is 0. The Labute approximate surface area is 122 Å². The number of amides is 1. The van der Waals surface area contributed by atoms with Gasteiger partial charge in [0.25, 0.3) is 5.91 Å². The van der Waals surface area contributed by atoms with E-state index in [9.17, 15) is 4.79 Å². The first-order valence-corrected chi connectivity index (χ1v) is 6.93. The standard InChI is InChI=1S/C15H17N5O/c1-3-11(14-16-8-10(2)17-14)19-15(21)12-9-20-7-5-4-6-13(20)18-12/h4-9,11H,3H2,1-2H3,(H,16,17)(H,19,21)/t11-/m0/s1. The lowest BCUT2D eigenvalue weighted by molar-refractivity contribution is 0.0929. The van der Waals surface area contributed by atoms with Crippen LogP contribution >= 0.6 is 0 Å². The second kappa shape index (κ2) is 5.40. The molecule has 0 fully saturated rings. The molecule has 108 valence electrons. The van der Waals surface area contributed by atoms with Gasteiger partial charge in [0.05, 0.1) is 6.04 Å². The number of pyridine rings is 1. The van der Waals surface area contributed by atoms with Crippen molar-refractivity contribution in [1.29, 1.82) is 0 Å². The molecule has 2 N–H and O–H groups in total. The number of nitrogens with zero attached hydrogens (tertiary/aromatic N) is 3. The number of fused-ring (bicyclic) bond motifs is 1. The zero-order chi connectivity index (χ0) is 14.8. The van der Waals surface area contributed by atoms with Gasteiger partial charge in [0.1, 0.15) is 17.2 Å². The molecule has 3 heterocycles. The molecule has 6 heteroatoms. The van der Waals surface area contributed by atoms with Crippen molar-refractivity contribution in [3.63, 3.8) is 0 Å². The first kappa shape index (κ1) is 13.4. The molecular formula is C15H17N5O. The predicted molar refractivity (Wildman–Crippen MR) is 79.0 cm³/mol. The maximum absolute atomic E-state index is 12.3. The number of imidazole rings is 2. The van der Waals surface area contributed by atoms with E-state index in [4.69, 9.17) is 0 Å². The second-order valence-electron chi connectivity index (χ2n) is 4.98. The molecule has 0 aromatic carbocycles. The summed E-state index contributed by atoms with van der Waals surface area (Å²) in [7, 11) is 0. The number of nitrogens with one attached hydrogen (secondary N) is 2. The van der Waals surface area contributed by atoms with Crippen LogP contribution in [0.4, 0.5) is 0 Å². The van der Waals surface area contributed by atoms with E-state index in [1.54, 1.807) is 12.4 Å². The van der Waals surface area contributed by atoms with E-state index in [1.807, 2.05) is 42.6 Å². The Morgan fingerprint density at radius 1 is 1.48 bits per heavy atom. The van der Waals surface area contributed by atoms with Crippen molar-refractivity contribution < 1.29 is 4.79 Å². The largest absolute Gasteiger partial charge is 0.344 e. The van der Waals surface area contributed by atoms with Crippen LogP contribution < -0.4 is 5.32 Å². The second-order valence-corrected chi connectivity index (χ2v) is 4.98. The maximum Gasteiger partial charge on any atom is 0.272 e. The van der Waals surface area contributed by atoms with Crippen LogP contribution in [0.2, 0.25) is 0 Å². The lowest BCUT2D eigenvalue weighted by Gasteiger charge is -2.13. The molecule has 0 saturated carbocycles. The van der Waals surface area contributed by atoms with Gasteiger partial charge in [0.15, 0.2) is 0 Å². The van der Waals surface area contributed by atoms with Gasteiger partial charge in [-0.3, -0.25) is 4.79 Å². The van der Waals surface area contributed by atoms with Gasteiger partial charge in [0, 0.05) is 24.3 Å². The number of aromatic amines is 1. The summed E-state index contributed by atoms with van der Waals surface area (Å²) in [5, 5.41) is 2.97. The highest BCUT2D eigenvalue weighted by atomic mass is 16.2. The summed E-state index contributed by atoms with van der Waals surface area (Å²) in [5.74, 6) is 0.576. The van der Waals surface area contributed by atoms with E-state index >= 15 is 0 Å². The topological polar surface area (TPSA) is 75.1 Å². The Morgan fingerprint density at radius 3 is 3.00 bits per heavy atom. The van der Waals surface area contributed by atoms with Gasteiger partial charge >= 0.3 is 0 Å². The highest BCUT2D eigenvalue weighted by Gasteiger charge is 2.18. The van der Waals surface area contributed by atoms with Crippen molar-refractivity contribution in [3.8, 4) is 0 Å². The molecule has 0 saturated heterocycles. The van der Waals surface area contributed by atoms with Crippen molar-refractivity contribution in [2.45, 2.75) is 26.3 Å². The molecule has 0 aliphatic heterocycles. The minimum atomic E-state index is -0.195. The number of hydrogen-bond acceptors (Lipinski definition) is 3. The monoisotopic (exact) mass is 283 g/mol. The molecule has 0 aliphatic rings. The third kappa shape index (κ3) is 2.65. The fourth-order valence-corrected chi connectivity index (χ4v) is 2.25. The summed E-state index contributed by atoms with van der Waals surface area (Å²) in [6.45, 7) is 3.94. The molecule has 0 radical (unpaired) electrons. The Balaban J connectivity index is 1.81. The zero-order valence-corrected chi connectivity index (χ0v) is 12.0. The molecule has 0 unspecified atom stereocenters. The highest BCUT2D eigenvalue weighted by molar-refractivity contribution is 5.93. The fraction of sp³-hybridized carbons (Fsp3) is 0.267. The number of rotatable bonds is 4. The molecule has 21 heavy (non-hydrogen) atoms. The molecule has 0 aliphatic carbocycles. The van der Waals surface area contributed by atoms with Crippen molar-refractivity contribution in [1.82, 2.24) is 24.7 Å². The zero-order valence-electron chi connectivity index (χ0n) is 12.0. The van der Waals surface area contributed by atoms with Crippen molar-refractivity contribution in [2.24, 2.45) is 0 Å². The van der Waals surface area contributed by atoms with Gasteiger partial charge in [0.2, 0.25) is 0 Å². The summed E-state index contributed by atoms with van der Waals surface area (Å²) in [6.07, 6.45) is 6.11. The van der Waals surface area contributed by atoms with Crippen LogP contribution in [0.15, 0.2) is 36.8 Å². The smallest absolute Gasteiger partial charge is 0.272 e. The molecule has 3 aromatic rings. The van der Waals surface area contributed by atoms with E-state index in [-0.39, 0.29) is 11.9 Å². The molecule has 3 aromatic heterocycles. The minimum Gasteiger partial charge on any atom is -0.344 e. The van der Waals surface area contributed by atoms with Crippen LogP contribution in [-0.2, 0) is 0 Å². The first-order chi connectivity index (χ1) is 10.2. The third-order valence-electron chi connectivity index (χ3n) is 3.36. The molecule has 3 rings (SSSR count). The van der Waals surface area contributed by atoms with Gasteiger partial charge < -0.3 is 14.7 Å². The van der Waals surface area contributed by atoms with E-state index in [1.165, 1.54) is 0 Å². The molecule has 0 bridgehead atoms. The van der Waals surface area contributed by atoms with Crippen LogP contribution in [0, 0.1) is 6.92 Å². The number of carbonyl (C=O) groups excluding carboxylic acids is 1. The number of carbonyl (C=O) groups is 1. The van der Waals surface area contributed by atoms with Crippen molar-refractivity contribution in [3.05, 3.63) is 54.0 Å². The van der Waals surface area contributed by atoms with Crippen LogP contribution in [-0.4, -0.2) is 25.3 Å². The number of hydrogen-bond donors (Lipinski definition) is 2. The lowest BCUT2D eigenvalue weighted by Crippen LogP contribution is -2.29. The van der Waals surface area contributed by atoms with Gasteiger partial charge in [-0.25, -0.2) is 9.97 Å². The van der Waals surface area contributed by atoms with Gasteiger partial charge in [-0.15, -0.1) is 0 Å². The molecular weight excluding hydrogens is 266 g/mol. The van der Waals surface area contributed by atoms with E-state index < -0.39 is 0 Å². The van der Waals surface area contributed by atoms with Crippen LogP contribution in [0.5, 0.6) is 0 Å².